The Kier molecular flexibility index (Phi) is 4.70. The van der Waals surface area contributed by atoms with E-state index in [1.165, 1.54) is 12.8 Å². The van der Waals surface area contributed by atoms with Gasteiger partial charge < -0.3 is 9.80 Å². The molecule has 3 fully saturated rings. The van der Waals surface area contributed by atoms with Gasteiger partial charge in [0.05, 0.1) is 6.04 Å². The number of carbonyl (C=O) groups excluding carboxylic acids is 2. The van der Waals surface area contributed by atoms with Crippen molar-refractivity contribution in [1.29, 1.82) is 0 Å². The second-order valence-electron chi connectivity index (χ2n) is 7.43. The quantitative estimate of drug-likeness (QED) is 0.826. The van der Waals surface area contributed by atoms with Gasteiger partial charge in [0.2, 0.25) is 5.91 Å². The van der Waals surface area contributed by atoms with Crippen molar-refractivity contribution < 1.29 is 9.59 Å². The normalized spacial score (nSPS) is 25.3. The van der Waals surface area contributed by atoms with Gasteiger partial charge in [-0.05, 0) is 43.7 Å². The molecule has 0 spiro atoms. The Labute approximate surface area is 148 Å². The predicted octanol–water partition coefficient (Wildman–Crippen LogP) is 1.24. The van der Waals surface area contributed by atoms with E-state index in [2.05, 4.69) is 14.8 Å². The van der Waals surface area contributed by atoms with Crippen LogP contribution in [0.5, 0.6) is 0 Å². The van der Waals surface area contributed by atoms with Crippen LogP contribution in [0.4, 0.5) is 0 Å². The summed E-state index contributed by atoms with van der Waals surface area (Å²) in [6, 6.07) is 5.45. The summed E-state index contributed by atoms with van der Waals surface area (Å²) in [5, 5.41) is 0. The molecule has 25 heavy (non-hydrogen) atoms. The second-order valence-corrected chi connectivity index (χ2v) is 7.43. The minimum atomic E-state index is -0.00411. The van der Waals surface area contributed by atoms with Crippen molar-refractivity contribution in [3.63, 3.8) is 0 Å². The Morgan fingerprint density at radius 1 is 1.08 bits per heavy atom. The number of rotatable bonds is 4. The number of amides is 2. The third-order valence-corrected chi connectivity index (χ3v) is 5.59. The maximum atomic E-state index is 12.7. The molecule has 6 nitrogen and oxygen atoms in total. The van der Waals surface area contributed by atoms with Gasteiger partial charge in [-0.25, -0.2) is 0 Å². The van der Waals surface area contributed by atoms with E-state index in [1.807, 2.05) is 17.0 Å². The molecule has 1 saturated carbocycles. The van der Waals surface area contributed by atoms with Crippen molar-refractivity contribution in [2.75, 3.05) is 39.3 Å². The zero-order valence-electron chi connectivity index (χ0n) is 14.6. The predicted molar refractivity (Wildman–Crippen MR) is 94.0 cm³/mol. The number of hydrogen-bond acceptors (Lipinski definition) is 4. The van der Waals surface area contributed by atoms with Crippen LogP contribution in [0, 0.1) is 5.92 Å². The Morgan fingerprint density at radius 3 is 2.72 bits per heavy atom. The summed E-state index contributed by atoms with van der Waals surface area (Å²) in [6.07, 6.45) is 6.05. The molecule has 134 valence electrons. The van der Waals surface area contributed by atoms with Crippen LogP contribution in [0.25, 0.3) is 0 Å². The molecule has 2 saturated heterocycles. The van der Waals surface area contributed by atoms with Gasteiger partial charge in [0.25, 0.3) is 5.91 Å². The first-order chi connectivity index (χ1) is 12.2. The summed E-state index contributed by atoms with van der Waals surface area (Å²) < 4.78 is 0. The molecule has 0 bridgehead atoms. The molecule has 2 aliphatic heterocycles. The molecular formula is C19H26N4O2. The third-order valence-electron chi connectivity index (χ3n) is 5.59. The Morgan fingerprint density at radius 2 is 1.96 bits per heavy atom. The highest BCUT2D eigenvalue weighted by Gasteiger charge is 2.38. The number of nitrogens with zero attached hydrogens (tertiary/aromatic N) is 4. The van der Waals surface area contributed by atoms with Crippen molar-refractivity contribution >= 4 is 11.8 Å². The van der Waals surface area contributed by atoms with Gasteiger partial charge in [-0.3, -0.25) is 19.5 Å². The number of likely N-dealkylation sites (tertiary alicyclic amines) is 1. The standard InChI is InChI=1S/C19H26N4O2/c24-18(16-4-1-2-8-20-16)22-10-3-9-21(12-13-22)17-7-11-23(19(17)25)14-15-5-6-15/h1-2,4,8,15,17H,3,5-7,9-14H2. The molecule has 0 N–H and O–H groups in total. The van der Waals surface area contributed by atoms with Gasteiger partial charge in [-0.15, -0.1) is 0 Å². The lowest BCUT2D eigenvalue weighted by molar-refractivity contribution is -0.132. The van der Waals surface area contributed by atoms with E-state index < -0.39 is 0 Å². The van der Waals surface area contributed by atoms with E-state index in [0.29, 0.717) is 18.1 Å². The first kappa shape index (κ1) is 16.5. The molecule has 2 amide bonds. The monoisotopic (exact) mass is 342 g/mol. The van der Waals surface area contributed by atoms with Crippen LogP contribution in [0.1, 0.15) is 36.2 Å². The van der Waals surface area contributed by atoms with Crippen molar-refractivity contribution in [3.8, 4) is 0 Å². The lowest BCUT2D eigenvalue weighted by Crippen LogP contribution is -2.44. The summed E-state index contributed by atoms with van der Waals surface area (Å²) in [5.74, 6) is 1.05. The zero-order chi connectivity index (χ0) is 17.2. The number of hydrogen-bond donors (Lipinski definition) is 0. The topological polar surface area (TPSA) is 56.8 Å². The van der Waals surface area contributed by atoms with Gasteiger partial charge in [0, 0.05) is 45.5 Å². The minimum Gasteiger partial charge on any atom is -0.341 e. The summed E-state index contributed by atoms with van der Waals surface area (Å²) in [5.41, 5.74) is 0.503. The van der Waals surface area contributed by atoms with E-state index in [1.54, 1.807) is 12.3 Å². The van der Waals surface area contributed by atoms with E-state index in [0.717, 1.165) is 51.5 Å². The molecule has 1 aliphatic carbocycles. The van der Waals surface area contributed by atoms with Crippen molar-refractivity contribution in [2.45, 2.75) is 31.7 Å². The van der Waals surface area contributed by atoms with Crippen molar-refractivity contribution in [1.82, 2.24) is 19.7 Å². The highest BCUT2D eigenvalue weighted by Crippen LogP contribution is 2.31. The van der Waals surface area contributed by atoms with Gasteiger partial charge in [0.15, 0.2) is 0 Å². The Balaban J connectivity index is 1.35. The lowest BCUT2D eigenvalue weighted by Gasteiger charge is -2.26. The van der Waals surface area contributed by atoms with Crippen LogP contribution in [0.2, 0.25) is 0 Å². The van der Waals surface area contributed by atoms with Crippen LogP contribution >= 0.6 is 0 Å². The van der Waals surface area contributed by atoms with E-state index in [-0.39, 0.29) is 11.9 Å². The molecular weight excluding hydrogens is 316 g/mol. The molecule has 0 aromatic carbocycles. The Bertz CT molecular complexity index is 632. The summed E-state index contributed by atoms with van der Waals surface area (Å²) in [4.78, 5) is 35.7. The average Bonchev–Trinajstić information content (AvgIpc) is 3.43. The largest absolute Gasteiger partial charge is 0.341 e. The molecule has 1 atom stereocenters. The van der Waals surface area contributed by atoms with Gasteiger partial charge in [0.1, 0.15) is 5.69 Å². The maximum Gasteiger partial charge on any atom is 0.272 e. The highest BCUT2D eigenvalue weighted by atomic mass is 16.2. The molecule has 1 aromatic heterocycles. The van der Waals surface area contributed by atoms with Crippen LogP contribution in [-0.4, -0.2) is 76.8 Å². The fraction of sp³-hybridized carbons (Fsp3) is 0.632. The molecule has 1 aromatic rings. The summed E-state index contributed by atoms with van der Waals surface area (Å²) in [7, 11) is 0. The smallest absolute Gasteiger partial charge is 0.272 e. The fourth-order valence-corrected chi connectivity index (χ4v) is 3.96. The van der Waals surface area contributed by atoms with Crippen molar-refractivity contribution in [3.05, 3.63) is 30.1 Å². The van der Waals surface area contributed by atoms with Gasteiger partial charge >= 0.3 is 0 Å². The average molecular weight is 342 g/mol. The number of carbonyl (C=O) groups is 2. The zero-order valence-corrected chi connectivity index (χ0v) is 14.6. The molecule has 3 aliphatic rings. The van der Waals surface area contributed by atoms with Crippen LogP contribution in [0.15, 0.2) is 24.4 Å². The Hall–Kier alpha value is -1.95. The highest BCUT2D eigenvalue weighted by molar-refractivity contribution is 5.92. The van der Waals surface area contributed by atoms with E-state index in [4.69, 9.17) is 0 Å². The van der Waals surface area contributed by atoms with Gasteiger partial charge in [-0.1, -0.05) is 6.07 Å². The van der Waals surface area contributed by atoms with Crippen LogP contribution in [0.3, 0.4) is 0 Å². The fourth-order valence-electron chi connectivity index (χ4n) is 3.96. The van der Waals surface area contributed by atoms with E-state index in [9.17, 15) is 9.59 Å². The molecule has 6 heteroatoms. The third kappa shape index (κ3) is 3.68. The SMILES string of the molecule is O=C(c1ccccn1)N1CCCN(C2CCN(CC3CC3)C2=O)CC1. The maximum absolute atomic E-state index is 12.7. The van der Waals surface area contributed by atoms with Crippen LogP contribution in [-0.2, 0) is 4.79 Å². The second kappa shape index (κ2) is 7.12. The minimum absolute atomic E-state index is 0.00411. The lowest BCUT2D eigenvalue weighted by atomic mass is 10.2. The first-order valence-electron chi connectivity index (χ1n) is 9.45. The van der Waals surface area contributed by atoms with Crippen molar-refractivity contribution in [2.24, 2.45) is 5.92 Å². The van der Waals surface area contributed by atoms with Gasteiger partial charge in [-0.2, -0.15) is 0 Å². The summed E-state index contributed by atoms with van der Waals surface area (Å²) in [6.45, 7) is 4.91. The molecule has 4 rings (SSSR count). The first-order valence-corrected chi connectivity index (χ1v) is 9.45. The summed E-state index contributed by atoms with van der Waals surface area (Å²) >= 11 is 0. The molecule has 0 radical (unpaired) electrons. The van der Waals surface area contributed by atoms with Crippen LogP contribution < -0.4 is 0 Å². The number of aromatic nitrogens is 1. The number of pyridine rings is 1. The molecule has 3 heterocycles. The molecule has 1 unspecified atom stereocenters. The van der Waals surface area contributed by atoms with E-state index >= 15 is 0 Å².